The Balaban J connectivity index is 1.44. The molecule has 0 saturated carbocycles. The predicted molar refractivity (Wildman–Crippen MR) is 148 cm³/mol. The Bertz CT molecular complexity index is 1920. The van der Waals surface area contributed by atoms with E-state index in [0.717, 1.165) is 12.8 Å². The lowest BCUT2D eigenvalue weighted by Crippen LogP contribution is -2.02. The Morgan fingerprint density at radius 1 is 0.618 bits per heavy atom. The average molecular weight is 455 g/mol. The highest BCUT2D eigenvalue weighted by Gasteiger charge is 2.22. The second-order valence-electron chi connectivity index (χ2n) is 9.36. The fourth-order valence-electron chi connectivity index (χ4n) is 6.10. The van der Waals surface area contributed by atoms with Crippen LogP contribution in [0.5, 0.6) is 0 Å². The molecule has 0 unspecified atom stereocenters. The second-order valence-corrected chi connectivity index (χ2v) is 10.5. The Hall–Kier alpha value is -3.82. The molecule has 4 aromatic carbocycles. The molecule has 0 bridgehead atoms. The number of nitrogens with zero attached hydrogens (tertiary/aromatic N) is 2. The second kappa shape index (κ2) is 6.62. The molecule has 3 aromatic heterocycles. The van der Waals surface area contributed by atoms with E-state index < -0.39 is 0 Å². The summed E-state index contributed by atoms with van der Waals surface area (Å²) in [6.07, 6.45) is 4.61. The monoisotopic (exact) mass is 454 g/mol. The minimum Gasteiger partial charge on any atom is -0.344 e. The van der Waals surface area contributed by atoms with Crippen LogP contribution in [0.1, 0.15) is 16.9 Å². The van der Waals surface area contributed by atoms with Crippen molar-refractivity contribution in [3.63, 3.8) is 0 Å². The molecule has 0 spiro atoms. The van der Waals surface area contributed by atoms with Gasteiger partial charge in [0, 0.05) is 54.8 Å². The Morgan fingerprint density at radius 3 is 2.00 bits per heavy atom. The fourth-order valence-corrected chi connectivity index (χ4v) is 7.43. The third kappa shape index (κ3) is 2.30. The maximum absolute atomic E-state index is 2.49. The number of hydrogen-bond acceptors (Lipinski definition) is 1. The molecule has 0 fully saturated rings. The lowest BCUT2D eigenvalue weighted by Gasteiger charge is -2.17. The zero-order valence-electron chi connectivity index (χ0n) is 18.9. The third-order valence-corrected chi connectivity index (χ3v) is 8.93. The molecule has 0 N–H and O–H groups in total. The normalized spacial score (nSPS) is 14.0. The van der Waals surface area contributed by atoms with Gasteiger partial charge in [0.15, 0.2) is 0 Å². The number of thiophene rings is 1. The van der Waals surface area contributed by atoms with Crippen LogP contribution in [0.4, 0.5) is 0 Å². The van der Waals surface area contributed by atoms with E-state index in [1.54, 1.807) is 0 Å². The van der Waals surface area contributed by atoms with Gasteiger partial charge in [0.25, 0.3) is 0 Å². The minimum atomic E-state index is 1.06. The van der Waals surface area contributed by atoms with Crippen molar-refractivity contribution in [1.82, 2.24) is 9.13 Å². The van der Waals surface area contributed by atoms with Gasteiger partial charge in [0.05, 0.1) is 16.6 Å². The highest BCUT2D eigenvalue weighted by Crippen LogP contribution is 2.45. The number of benzene rings is 4. The summed E-state index contributed by atoms with van der Waals surface area (Å²) in [5.74, 6) is 0. The first-order valence-electron chi connectivity index (χ1n) is 11.9. The molecule has 1 aliphatic carbocycles. The highest BCUT2D eigenvalue weighted by molar-refractivity contribution is 7.20. The summed E-state index contributed by atoms with van der Waals surface area (Å²) in [6.45, 7) is 0. The van der Waals surface area contributed by atoms with Crippen LogP contribution >= 0.6 is 11.3 Å². The number of hydrogen-bond donors (Lipinski definition) is 0. The van der Waals surface area contributed by atoms with Gasteiger partial charge < -0.3 is 9.13 Å². The van der Waals surface area contributed by atoms with Crippen molar-refractivity contribution in [2.45, 2.75) is 12.8 Å². The first-order chi connectivity index (χ1) is 16.8. The zero-order chi connectivity index (χ0) is 22.4. The van der Waals surface area contributed by atoms with Gasteiger partial charge in [0.2, 0.25) is 0 Å². The SMILES string of the molecule is Cn1c2ccccc2c2c3sc4c(c3ccc21)C=C(n1c2ccccc2c2ccccc21)CC4. The van der Waals surface area contributed by atoms with Crippen molar-refractivity contribution < 1.29 is 0 Å². The molecule has 0 radical (unpaired) electrons. The lowest BCUT2D eigenvalue weighted by atomic mass is 9.99. The van der Waals surface area contributed by atoms with E-state index in [1.807, 2.05) is 11.3 Å². The van der Waals surface area contributed by atoms with Gasteiger partial charge >= 0.3 is 0 Å². The topological polar surface area (TPSA) is 9.86 Å². The maximum Gasteiger partial charge on any atom is 0.0537 e. The molecule has 0 saturated heterocycles. The molecule has 162 valence electrons. The maximum atomic E-state index is 2.49. The largest absolute Gasteiger partial charge is 0.344 e. The number of aryl methyl sites for hydroxylation is 2. The summed E-state index contributed by atoms with van der Waals surface area (Å²) < 4.78 is 6.26. The van der Waals surface area contributed by atoms with Crippen LogP contribution in [0.25, 0.3) is 65.5 Å². The molecule has 1 aliphatic rings. The summed E-state index contributed by atoms with van der Waals surface area (Å²) in [7, 11) is 2.18. The molecule has 0 aliphatic heterocycles. The predicted octanol–water partition coefficient (Wildman–Crippen LogP) is 8.60. The molecule has 3 heterocycles. The standard InChI is InChI=1S/C31H22N2S/c1-32-25-11-5-4-10-23(25)30-28(32)16-15-22-24-18-19(14-17-29(24)34-31(22)30)33-26-12-6-2-8-20(26)21-9-3-7-13-27(21)33/h2-13,15-16,18H,14,17H2,1H3. The van der Waals surface area contributed by atoms with Crippen molar-refractivity contribution >= 4 is 76.8 Å². The van der Waals surface area contributed by atoms with E-state index in [0.29, 0.717) is 0 Å². The van der Waals surface area contributed by atoms with Crippen LogP contribution in [0.2, 0.25) is 0 Å². The molecule has 3 heteroatoms. The van der Waals surface area contributed by atoms with Gasteiger partial charge in [-0.2, -0.15) is 0 Å². The Morgan fingerprint density at radius 2 is 1.26 bits per heavy atom. The van der Waals surface area contributed by atoms with Gasteiger partial charge in [-0.3, -0.25) is 0 Å². The summed E-state index contributed by atoms with van der Waals surface area (Å²) in [5.41, 5.74) is 8.03. The first-order valence-corrected chi connectivity index (χ1v) is 12.7. The summed E-state index contributed by atoms with van der Waals surface area (Å²) in [4.78, 5) is 1.51. The number of aromatic nitrogens is 2. The Kier molecular flexibility index (Phi) is 3.62. The van der Waals surface area contributed by atoms with Crippen molar-refractivity contribution in [2.24, 2.45) is 7.05 Å². The van der Waals surface area contributed by atoms with E-state index in [4.69, 9.17) is 0 Å². The molecule has 7 aromatic rings. The Labute approximate surface area is 201 Å². The van der Waals surface area contributed by atoms with E-state index in [2.05, 4.69) is 107 Å². The van der Waals surface area contributed by atoms with E-state index in [9.17, 15) is 0 Å². The smallest absolute Gasteiger partial charge is 0.0537 e. The van der Waals surface area contributed by atoms with Crippen molar-refractivity contribution in [3.05, 3.63) is 95.4 Å². The number of allylic oxidation sites excluding steroid dienone is 1. The fraction of sp³-hybridized carbons (Fsp3) is 0.0968. The van der Waals surface area contributed by atoms with E-state index in [-0.39, 0.29) is 0 Å². The van der Waals surface area contributed by atoms with Crippen LogP contribution in [-0.4, -0.2) is 9.13 Å². The highest BCUT2D eigenvalue weighted by atomic mass is 32.1. The summed E-state index contributed by atoms with van der Waals surface area (Å²) in [6, 6.07) is 31.1. The molecular weight excluding hydrogens is 432 g/mol. The zero-order valence-corrected chi connectivity index (χ0v) is 19.7. The van der Waals surface area contributed by atoms with Gasteiger partial charge in [0.1, 0.15) is 0 Å². The van der Waals surface area contributed by atoms with Crippen LogP contribution in [0.3, 0.4) is 0 Å². The minimum absolute atomic E-state index is 1.06. The quantitative estimate of drug-likeness (QED) is 0.235. The van der Waals surface area contributed by atoms with Crippen LogP contribution in [0, 0.1) is 0 Å². The van der Waals surface area contributed by atoms with E-state index in [1.165, 1.54) is 69.8 Å². The molecular formula is C31H22N2S. The average Bonchev–Trinajstić information content (AvgIpc) is 3.52. The molecule has 34 heavy (non-hydrogen) atoms. The van der Waals surface area contributed by atoms with Gasteiger partial charge in [-0.1, -0.05) is 60.7 Å². The first kappa shape index (κ1) is 18.6. The summed E-state index contributed by atoms with van der Waals surface area (Å²) in [5, 5.41) is 6.81. The van der Waals surface area contributed by atoms with Crippen molar-refractivity contribution in [3.8, 4) is 0 Å². The van der Waals surface area contributed by atoms with Gasteiger partial charge in [-0.05, 0) is 48.7 Å². The summed E-state index contributed by atoms with van der Waals surface area (Å²) >= 11 is 2.00. The molecule has 0 atom stereocenters. The van der Waals surface area contributed by atoms with Crippen LogP contribution < -0.4 is 0 Å². The van der Waals surface area contributed by atoms with Crippen LogP contribution in [0.15, 0.2) is 84.9 Å². The number of rotatable bonds is 1. The van der Waals surface area contributed by atoms with Crippen molar-refractivity contribution in [1.29, 1.82) is 0 Å². The number of para-hydroxylation sites is 3. The van der Waals surface area contributed by atoms with E-state index >= 15 is 0 Å². The molecule has 0 amide bonds. The van der Waals surface area contributed by atoms with Gasteiger partial charge in [-0.25, -0.2) is 0 Å². The third-order valence-electron chi connectivity index (χ3n) is 7.63. The van der Waals surface area contributed by atoms with Crippen LogP contribution in [-0.2, 0) is 13.5 Å². The molecule has 2 nitrogen and oxygen atoms in total. The van der Waals surface area contributed by atoms with Crippen molar-refractivity contribution in [2.75, 3.05) is 0 Å². The lowest BCUT2D eigenvalue weighted by molar-refractivity contribution is 0.968. The number of fused-ring (bicyclic) bond motifs is 10. The van der Waals surface area contributed by atoms with Gasteiger partial charge in [-0.15, -0.1) is 11.3 Å². The molecule has 8 rings (SSSR count).